The van der Waals surface area contributed by atoms with Crippen molar-refractivity contribution in [2.24, 2.45) is 17.2 Å². The summed E-state index contributed by atoms with van der Waals surface area (Å²) in [6, 6.07) is 12.9. The number of ketones is 1. The molecule has 5 rings (SSSR count). The second kappa shape index (κ2) is 13.0. The highest BCUT2D eigenvalue weighted by Gasteiger charge is 2.33. The van der Waals surface area contributed by atoms with Crippen LogP contribution in [0.5, 0.6) is 0 Å². The van der Waals surface area contributed by atoms with E-state index in [1.807, 2.05) is 9.80 Å². The van der Waals surface area contributed by atoms with Gasteiger partial charge in [0.2, 0.25) is 23.8 Å². The molecule has 0 bridgehead atoms. The number of carbonyl (C=O) groups is 2. The minimum Gasteiger partial charge on any atom is -0.394 e. The number of para-hydroxylation sites is 1. The number of aliphatic hydroxyl groups is 1. The van der Waals surface area contributed by atoms with Crippen LogP contribution in [-0.2, 0) is 4.79 Å². The Hall–Kier alpha value is -3.88. The number of piperidine rings is 1. The maximum absolute atomic E-state index is 12.7. The molecule has 0 saturated carbocycles. The molecule has 3 aromatic rings. The largest absolute Gasteiger partial charge is 0.394 e. The van der Waals surface area contributed by atoms with E-state index >= 15 is 0 Å². The monoisotopic (exact) mass is 594 g/mol. The van der Waals surface area contributed by atoms with Crippen molar-refractivity contribution in [3.05, 3.63) is 59.1 Å². The van der Waals surface area contributed by atoms with Crippen LogP contribution in [0.15, 0.2) is 48.5 Å². The molecule has 13 nitrogen and oxygen atoms in total. The van der Waals surface area contributed by atoms with Gasteiger partial charge in [-0.25, -0.2) is 0 Å². The molecular weight excluding hydrogens is 560 g/mol. The molecule has 2 fully saturated rings. The lowest BCUT2D eigenvalue weighted by atomic mass is 10.0. The summed E-state index contributed by atoms with van der Waals surface area (Å²) < 4.78 is 0. The molecule has 14 heteroatoms. The molecule has 1 amide bonds. The second-order valence-electron chi connectivity index (χ2n) is 10.7. The van der Waals surface area contributed by atoms with Crippen molar-refractivity contribution in [1.29, 1.82) is 0 Å². The summed E-state index contributed by atoms with van der Waals surface area (Å²) >= 11 is 6.09. The summed E-state index contributed by atoms with van der Waals surface area (Å²) in [6.07, 6.45) is 0.994. The molecule has 0 radical (unpaired) electrons. The lowest BCUT2D eigenvalue weighted by Gasteiger charge is -2.35. The Morgan fingerprint density at radius 1 is 0.905 bits per heavy atom. The molecule has 1 aromatic heterocycles. The molecule has 222 valence electrons. The van der Waals surface area contributed by atoms with E-state index in [1.165, 1.54) is 0 Å². The number of nitrogens with zero attached hydrogens (tertiary/aromatic N) is 5. The highest BCUT2D eigenvalue weighted by atomic mass is 35.5. The van der Waals surface area contributed by atoms with E-state index in [2.05, 4.69) is 20.6 Å². The Kier molecular flexibility index (Phi) is 9.14. The lowest BCUT2D eigenvalue weighted by Crippen LogP contribution is -2.53. The average molecular weight is 595 g/mol. The standard InChI is InChI=1S/C28H35ClN10O3/c29-22-3-1-2-4-23(22)34-25(42)11-24(41)16-5-7-20(8-6-16)33-26-35-27(38-12-17(30)9-18(31)13-38)37-28(36-26)39-14-19(32)10-21(39)15-40/h1-8,17-19,21,40H,9-15,30-32H2,(H,34,42)(H,33,35,36,37)/t17-,18+,19-,21-/m0/s1. The topological polar surface area (TPSA) is 202 Å². The van der Waals surface area contributed by atoms with Crippen LogP contribution < -0.4 is 37.6 Å². The fourth-order valence-electron chi connectivity index (χ4n) is 5.27. The SMILES string of the molecule is N[C@@H]1C[C@H](N)CN(c2nc(Nc3ccc(C(=O)CC(=O)Nc4ccccc4Cl)cc3)nc(N3C[C@@H](N)C[C@H]3CO)n2)C1. The second-order valence-corrected chi connectivity index (χ2v) is 11.1. The zero-order chi connectivity index (χ0) is 29.8. The molecule has 3 heterocycles. The van der Waals surface area contributed by atoms with E-state index in [0.29, 0.717) is 66.3 Å². The molecule has 2 aromatic carbocycles. The van der Waals surface area contributed by atoms with E-state index in [0.717, 1.165) is 0 Å². The number of carbonyl (C=O) groups excluding carboxylic acids is 2. The Balaban J connectivity index is 1.32. The zero-order valence-corrected chi connectivity index (χ0v) is 23.7. The number of benzene rings is 2. The molecule has 4 atom stereocenters. The zero-order valence-electron chi connectivity index (χ0n) is 23.0. The van der Waals surface area contributed by atoms with Gasteiger partial charge in [-0.2, -0.15) is 15.0 Å². The Morgan fingerprint density at radius 3 is 2.26 bits per heavy atom. The van der Waals surface area contributed by atoms with Crippen molar-refractivity contribution >= 4 is 52.5 Å². The first-order chi connectivity index (χ1) is 20.2. The van der Waals surface area contributed by atoms with Gasteiger partial charge in [0.05, 0.1) is 29.8 Å². The summed E-state index contributed by atoms with van der Waals surface area (Å²) in [5.74, 6) is 0.285. The number of hydrogen-bond donors (Lipinski definition) is 6. The van der Waals surface area contributed by atoms with Crippen molar-refractivity contribution < 1.29 is 14.7 Å². The number of aliphatic hydroxyl groups excluding tert-OH is 1. The van der Waals surface area contributed by atoms with Crippen molar-refractivity contribution in [1.82, 2.24) is 15.0 Å². The van der Waals surface area contributed by atoms with Gasteiger partial charge in [0, 0.05) is 49.0 Å². The minimum atomic E-state index is -0.458. The summed E-state index contributed by atoms with van der Waals surface area (Å²) in [5, 5.41) is 16.2. The third-order valence-corrected chi connectivity index (χ3v) is 7.59. The predicted molar refractivity (Wildman–Crippen MR) is 162 cm³/mol. The van der Waals surface area contributed by atoms with Crippen molar-refractivity contribution in [2.45, 2.75) is 43.4 Å². The molecule has 0 spiro atoms. The van der Waals surface area contributed by atoms with E-state index in [4.69, 9.17) is 33.8 Å². The third-order valence-electron chi connectivity index (χ3n) is 7.26. The number of aromatic nitrogens is 3. The number of hydrogen-bond acceptors (Lipinski definition) is 12. The van der Waals surface area contributed by atoms with Crippen LogP contribution >= 0.6 is 11.6 Å². The quantitative estimate of drug-likeness (QED) is 0.153. The number of nitrogens with one attached hydrogen (secondary N) is 2. The van der Waals surface area contributed by atoms with E-state index in [-0.39, 0.29) is 48.9 Å². The minimum absolute atomic E-state index is 0.0805. The van der Waals surface area contributed by atoms with Crippen LogP contribution in [0.3, 0.4) is 0 Å². The van der Waals surface area contributed by atoms with E-state index in [1.54, 1.807) is 48.5 Å². The van der Waals surface area contributed by atoms with Crippen molar-refractivity contribution in [2.75, 3.05) is 46.7 Å². The normalized spacial score (nSPS) is 22.2. The fourth-order valence-corrected chi connectivity index (χ4v) is 5.45. The molecule has 9 N–H and O–H groups in total. The van der Waals surface area contributed by atoms with Gasteiger partial charge in [-0.1, -0.05) is 23.7 Å². The molecule has 0 unspecified atom stereocenters. The van der Waals surface area contributed by atoms with Gasteiger partial charge in [0.15, 0.2) is 5.78 Å². The van der Waals surface area contributed by atoms with Crippen molar-refractivity contribution in [3.8, 4) is 0 Å². The molecule has 42 heavy (non-hydrogen) atoms. The number of anilines is 5. The molecular formula is C28H35ClN10O3. The average Bonchev–Trinajstić information content (AvgIpc) is 3.34. The smallest absolute Gasteiger partial charge is 0.233 e. The van der Waals surface area contributed by atoms with Crippen LogP contribution in [0.1, 0.15) is 29.6 Å². The van der Waals surface area contributed by atoms with Gasteiger partial charge in [-0.05, 0) is 49.2 Å². The highest BCUT2D eigenvalue weighted by Crippen LogP contribution is 2.27. The summed E-state index contributed by atoms with van der Waals surface area (Å²) in [6.45, 7) is 1.50. The first-order valence-electron chi connectivity index (χ1n) is 13.8. The highest BCUT2D eigenvalue weighted by molar-refractivity contribution is 6.33. The third kappa shape index (κ3) is 7.12. The number of amides is 1. The number of halogens is 1. The molecule has 2 aliphatic heterocycles. The van der Waals surface area contributed by atoms with Crippen LogP contribution in [0, 0.1) is 0 Å². The number of rotatable bonds is 9. The first kappa shape index (κ1) is 29.6. The summed E-state index contributed by atoms with van der Waals surface area (Å²) in [7, 11) is 0. The van der Waals surface area contributed by atoms with Gasteiger partial charge in [-0.15, -0.1) is 0 Å². The van der Waals surface area contributed by atoms with E-state index < -0.39 is 5.91 Å². The maximum Gasteiger partial charge on any atom is 0.233 e. The summed E-state index contributed by atoms with van der Waals surface area (Å²) in [4.78, 5) is 42.9. The number of nitrogens with two attached hydrogens (primary N) is 3. The van der Waals surface area contributed by atoms with E-state index in [9.17, 15) is 14.7 Å². The Bertz CT molecular complexity index is 1420. The van der Waals surface area contributed by atoms with Gasteiger partial charge < -0.3 is 42.7 Å². The van der Waals surface area contributed by atoms with Crippen LogP contribution in [0.2, 0.25) is 5.02 Å². The maximum atomic E-state index is 12.7. The van der Waals surface area contributed by atoms with Crippen LogP contribution in [0.25, 0.3) is 0 Å². The molecule has 0 aliphatic carbocycles. The van der Waals surface area contributed by atoms with Crippen LogP contribution in [0.4, 0.5) is 29.2 Å². The van der Waals surface area contributed by atoms with Gasteiger partial charge in [0.1, 0.15) is 0 Å². The Morgan fingerprint density at radius 2 is 1.57 bits per heavy atom. The molecule has 2 saturated heterocycles. The van der Waals surface area contributed by atoms with Gasteiger partial charge in [-0.3, -0.25) is 9.59 Å². The van der Waals surface area contributed by atoms with Crippen LogP contribution in [-0.4, -0.2) is 82.2 Å². The van der Waals surface area contributed by atoms with Gasteiger partial charge >= 0.3 is 0 Å². The molecule has 2 aliphatic rings. The predicted octanol–water partition coefficient (Wildman–Crippen LogP) is 1.24. The number of Topliss-reactive ketones (excluding diaryl/α,β-unsaturated/α-hetero) is 1. The van der Waals surface area contributed by atoms with Crippen molar-refractivity contribution in [3.63, 3.8) is 0 Å². The fraction of sp³-hybridized carbons (Fsp3) is 0.393. The first-order valence-corrected chi connectivity index (χ1v) is 14.2. The van der Waals surface area contributed by atoms with Gasteiger partial charge in [0.25, 0.3) is 0 Å². The lowest BCUT2D eigenvalue weighted by molar-refractivity contribution is -0.115. The summed E-state index contributed by atoms with van der Waals surface area (Å²) in [5.41, 5.74) is 20.1. The Labute approximate surface area is 248 Å².